The Labute approximate surface area is 152 Å². The van der Waals surface area contributed by atoms with Crippen LogP contribution in [0.2, 0.25) is 0 Å². The number of hydrogen-bond acceptors (Lipinski definition) is 5. The van der Waals surface area contributed by atoms with Gasteiger partial charge in [0.05, 0.1) is 11.9 Å². The lowest BCUT2D eigenvalue weighted by molar-refractivity contribution is -0.102. The Bertz CT molecular complexity index is 846. The van der Waals surface area contributed by atoms with Crippen LogP contribution in [0.3, 0.4) is 0 Å². The molecule has 2 aromatic rings. The average Bonchev–Trinajstić information content (AvgIpc) is 2.96. The van der Waals surface area contributed by atoms with Crippen LogP contribution in [0.4, 0.5) is 0 Å². The van der Waals surface area contributed by atoms with E-state index in [9.17, 15) is 13.5 Å². The number of thiophene rings is 1. The summed E-state index contributed by atoms with van der Waals surface area (Å²) in [5.74, 6) is -0.0147. The summed E-state index contributed by atoms with van der Waals surface area (Å²) < 4.78 is 26.6. The van der Waals surface area contributed by atoms with Crippen LogP contribution in [0, 0.1) is 5.92 Å². The number of sulfonamides is 1. The quantitative estimate of drug-likeness (QED) is 0.886. The molecule has 0 amide bonds. The first-order chi connectivity index (χ1) is 11.8. The molecule has 1 N–H and O–H groups in total. The van der Waals surface area contributed by atoms with Crippen molar-refractivity contribution in [2.75, 3.05) is 32.4 Å². The van der Waals surface area contributed by atoms with Gasteiger partial charge in [0.2, 0.25) is 10.0 Å². The molecule has 25 heavy (non-hydrogen) atoms. The molecule has 0 radical (unpaired) electrons. The summed E-state index contributed by atoms with van der Waals surface area (Å²) in [6.45, 7) is 3.34. The normalized spacial score (nSPS) is 29.0. The van der Waals surface area contributed by atoms with Gasteiger partial charge in [-0.15, -0.1) is 11.3 Å². The van der Waals surface area contributed by atoms with E-state index >= 15 is 0 Å². The lowest BCUT2D eigenvalue weighted by Gasteiger charge is -2.49. The summed E-state index contributed by atoms with van der Waals surface area (Å²) in [5.41, 5.74) is -0.710. The number of rotatable bonds is 3. The molecule has 0 spiro atoms. The van der Waals surface area contributed by atoms with Gasteiger partial charge in [-0.05, 0) is 30.4 Å². The van der Waals surface area contributed by atoms with Crippen molar-refractivity contribution in [1.29, 1.82) is 0 Å². The molecular formula is C18H24N2O3S2. The molecule has 2 atom stereocenters. The standard InChI is InChI=1S/C18H24N2O3S2/c1-25(22,23)20-9-7-18(21)6-8-19(11-15(18)12-20)13-16-10-14-4-2-3-5-17(14)24-16/h2-5,10,15,21H,6-9,11-13H2,1H3/t15-,18-/m0/s1. The second kappa shape index (κ2) is 6.32. The van der Waals surface area contributed by atoms with Gasteiger partial charge >= 0.3 is 0 Å². The van der Waals surface area contributed by atoms with Crippen molar-refractivity contribution in [2.24, 2.45) is 5.92 Å². The molecule has 1 aromatic heterocycles. The molecule has 7 heteroatoms. The first-order valence-electron chi connectivity index (χ1n) is 8.71. The fourth-order valence-electron chi connectivity index (χ4n) is 4.12. The van der Waals surface area contributed by atoms with Crippen molar-refractivity contribution >= 4 is 31.4 Å². The molecule has 2 fully saturated rings. The van der Waals surface area contributed by atoms with E-state index < -0.39 is 15.6 Å². The van der Waals surface area contributed by atoms with Gasteiger partial charge in [-0.3, -0.25) is 4.90 Å². The summed E-state index contributed by atoms with van der Waals surface area (Å²) in [4.78, 5) is 3.68. The van der Waals surface area contributed by atoms with Gasteiger partial charge in [0.15, 0.2) is 0 Å². The fourth-order valence-corrected chi connectivity index (χ4v) is 6.10. The minimum absolute atomic E-state index is 0.0147. The maximum absolute atomic E-state index is 11.9. The maximum atomic E-state index is 11.9. The molecule has 0 aliphatic carbocycles. The topological polar surface area (TPSA) is 60.9 Å². The largest absolute Gasteiger partial charge is 0.389 e. The zero-order chi connectivity index (χ0) is 17.7. The lowest BCUT2D eigenvalue weighted by Crippen LogP contribution is -2.60. The first kappa shape index (κ1) is 17.4. The van der Waals surface area contributed by atoms with Crippen LogP contribution in [0.25, 0.3) is 10.1 Å². The molecule has 1 aromatic carbocycles. The maximum Gasteiger partial charge on any atom is 0.211 e. The summed E-state index contributed by atoms with van der Waals surface area (Å²) in [7, 11) is -3.19. The van der Waals surface area contributed by atoms with Crippen LogP contribution in [0.15, 0.2) is 30.3 Å². The molecular weight excluding hydrogens is 356 g/mol. The van der Waals surface area contributed by atoms with Crippen molar-refractivity contribution < 1.29 is 13.5 Å². The Morgan fingerprint density at radius 1 is 1.24 bits per heavy atom. The second-order valence-electron chi connectivity index (χ2n) is 7.41. The summed E-state index contributed by atoms with van der Waals surface area (Å²) >= 11 is 1.81. The van der Waals surface area contributed by atoms with Crippen molar-refractivity contribution in [2.45, 2.75) is 25.0 Å². The zero-order valence-electron chi connectivity index (χ0n) is 14.4. The number of benzene rings is 1. The van der Waals surface area contributed by atoms with Gasteiger partial charge in [0.1, 0.15) is 0 Å². The van der Waals surface area contributed by atoms with Crippen LogP contribution in [-0.4, -0.2) is 60.8 Å². The fraction of sp³-hybridized carbons (Fsp3) is 0.556. The molecule has 136 valence electrons. The second-order valence-corrected chi connectivity index (χ2v) is 10.6. The molecule has 5 nitrogen and oxygen atoms in total. The van der Waals surface area contributed by atoms with Gasteiger partial charge in [-0.25, -0.2) is 12.7 Å². The number of fused-ring (bicyclic) bond motifs is 2. The van der Waals surface area contributed by atoms with Crippen LogP contribution in [0.5, 0.6) is 0 Å². The van der Waals surface area contributed by atoms with E-state index in [2.05, 4.69) is 35.2 Å². The first-order valence-corrected chi connectivity index (χ1v) is 11.4. The van der Waals surface area contributed by atoms with E-state index in [1.807, 2.05) is 11.3 Å². The highest BCUT2D eigenvalue weighted by Gasteiger charge is 2.46. The Hall–Kier alpha value is -0.990. The van der Waals surface area contributed by atoms with Gasteiger partial charge in [0.25, 0.3) is 0 Å². The third-order valence-electron chi connectivity index (χ3n) is 5.64. The van der Waals surface area contributed by atoms with Crippen molar-refractivity contribution in [3.05, 3.63) is 35.2 Å². The SMILES string of the molecule is CS(=O)(=O)N1CC[C@@]2(O)CCN(Cc3cc4ccccc4s3)C[C@H]2C1. The van der Waals surface area contributed by atoms with Crippen LogP contribution < -0.4 is 0 Å². The van der Waals surface area contributed by atoms with Crippen molar-refractivity contribution in [3.8, 4) is 0 Å². The van der Waals surface area contributed by atoms with Gasteiger partial charge in [-0.2, -0.15) is 0 Å². The van der Waals surface area contributed by atoms with E-state index in [1.165, 1.54) is 25.5 Å². The van der Waals surface area contributed by atoms with Crippen LogP contribution in [-0.2, 0) is 16.6 Å². The van der Waals surface area contributed by atoms with E-state index in [-0.39, 0.29) is 5.92 Å². The Balaban J connectivity index is 1.48. The minimum atomic E-state index is -3.19. The smallest absolute Gasteiger partial charge is 0.211 e. The van der Waals surface area contributed by atoms with Gasteiger partial charge in [-0.1, -0.05) is 18.2 Å². The third-order valence-corrected chi connectivity index (χ3v) is 8.01. The molecule has 2 aliphatic heterocycles. The zero-order valence-corrected chi connectivity index (χ0v) is 16.0. The van der Waals surface area contributed by atoms with Gasteiger partial charge < -0.3 is 5.11 Å². The predicted octanol–water partition coefficient (Wildman–Crippen LogP) is 2.12. The molecule has 0 unspecified atom stereocenters. The molecule has 3 heterocycles. The number of hydrogen-bond donors (Lipinski definition) is 1. The highest BCUT2D eigenvalue weighted by Crippen LogP contribution is 2.37. The van der Waals surface area contributed by atoms with Crippen LogP contribution >= 0.6 is 11.3 Å². The molecule has 4 rings (SSSR count). The minimum Gasteiger partial charge on any atom is -0.389 e. The molecule has 0 saturated carbocycles. The van der Waals surface area contributed by atoms with E-state index in [0.717, 1.165) is 26.1 Å². The third kappa shape index (κ3) is 3.48. The Morgan fingerprint density at radius 2 is 2.00 bits per heavy atom. The average molecular weight is 381 g/mol. The van der Waals surface area contributed by atoms with Crippen molar-refractivity contribution in [3.63, 3.8) is 0 Å². The predicted molar refractivity (Wildman–Crippen MR) is 101 cm³/mol. The van der Waals surface area contributed by atoms with Crippen molar-refractivity contribution in [1.82, 2.24) is 9.21 Å². The number of piperidine rings is 2. The highest BCUT2D eigenvalue weighted by atomic mass is 32.2. The lowest BCUT2D eigenvalue weighted by atomic mass is 9.76. The van der Waals surface area contributed by atoms with E-state index in [4.69, 9.17) is 0 Å². The van der Waals surface area contributed by atoms with Gasteiger partial charge in [0, 0.05) is 48.2 Å². The summed E-state index contributed by atoms with van der Waals surface area (Å²) in [6.07, 6.45) is 2.52. The molecule has 2 saturated heterocycles. The Morgan fingerprint density at radius 3 is 2.76 bits per heavy atom. The van der Waals surface area contributed by atoms with E-state index in [0.29, 0.717) is 19.5 Å². The Kier molecular flexibility index (Phi) is 4.40. The summed E-state index contributed by atoms with van der Waals surface area (Å²) in [5, 5.41) is 12.2. The number of likely N-dealkylation sites (tertiary alicyclic amines) is 1. The highest BCUT2D eigenvalue weighted by molar-refractivity contribution is 7.88. The van der Waals surface area contributed by atoms with E-state index in [1.54, 1.807) is 0 Å². The molecule has 2 aliphatic rings. The monoisotopic (exact) mass is 380 g/mol. The van der Waals surface area contributed by atoms with Crippen LogP contribution in [0.1, 0.15) is 17.7 Å². The summed E-state index contributed by atoms with van der Waals surface area (Å²) in [6, 6.07) is 10.6. The molecule has 0 bridgehead atoms. The number of aliphatic hydroxyl groups is 1. The number of nitrogens with zero attached hydrogens (tertiary/aromatic N) is 2.